The third kappa shape index (κ3) is 4.76. The molecule has 1 aromatic carbocycles. The summed E-state index contributed by atoms with van der Waals surface area (Å²) in [5, 5.41) is 0. The molecule has 0 aliphatic heterocycles. The highest BCUT2D eigenvalue weighted by molar-refractivity contribution is 5.30. The van der Waals surface area contributed by atoms with Crippen LogP contribution in [0, 0.1) is 11.8 Å². The smallest absolute Gasteiger partial charge is 0.119 e. The molecule has 0 bridgehead atoms. The summed E-state index contributed by atoms with van der Waals surface area (Å²) in [7, 11) is 0. The molecule has 0 heterocycles. The fourth-order valence-electron chi connectivity index (χ4n) is 3.82. The van der Waals surface area contributed by atoms with Gasteiger partial charge in [-0.3, -0.25) is 0 Å². The Hall–Kier alpha value is -0.980. The van der Waals surface area contributed by atoms with Crippen LogP contribution in [0.3, 0.4) is 0 Å². The highest BCUT2D eigenvalue weighted by Gasteiger charge is 2.27. The molecular formula is C20H32O. The number of hydrogen-bond acceptors (Lipinski definition) is 1. The quantitative estimate of drug-likeness (QED) is 0.544. The standard InChI is InChI=1S/C20H32O/c1-4-6-14-21-19-11-9-18(10-12-19)20-13-8-17(7-5-2)15-16(20)3/h9-12,16-17,20H,4-8,13-15H2,1-3H3/t16-,17+,20-/m1/s1. The molecule has 21 heavy (non-hydrogen) atoms. The first-order chi connectivity index (χ1) is 10.2. The lowest BCUT2D eigenvalue weighted by Gasteiger charge is -2.34. The van der Waals surface area contributed by atoms with Crippen LogP contribution in [-0.4, -0.2) is 6.61 Å². The van der Waals surface area contributed by atoms with Gasteiger partial charge in [0.05, 0.1) is 6.61 Å². The molecule has 0 spiro atoms. The molecule has 118 valence electrons. The molecule has 1 heteroatoms. The molecule has 0 unspecified atom stereocenters. The molecule has 0 amide bonds. The van der Waals surface area contributed by atoms with Crippen LogP contribution in [0.2, 0.25) is 0 Å². The van der Waals surface area contributed by atoms with Crippen LogP contribution in [0.1, 0.15) is 77.2 Å². The maximum atomic E-state index is 5.76. The Balaban J connectivity index is 1.90. The van der Waals surface area contributed by atoms with Crippen molar-refractivity contribution in [3.63, 3.8) is 0 Å². The summed E-state index contributed by atoms with van der Waals surface area (Å²) in [6.07, 6.45) is 9.27. The molecule has 1 saturated carbocycles. The lowest BCUT2D eigenvalue weighted by atomic mass is 9.71. The van der Waals surface area contributed by atoms with Crippen LogP contribution >= 0.6 is 0 Å². The third-order valence-corrected chi connectivity index (χ3v) is 5.05. The van der Waals surface area contributed by atoms with Gasteiger partial charge in [0, 0.05) is 0 Å². The molecule has 1 aliphatic carbocycles. The van der Waals surface area contributed by atoms with Gasteiger partial charge in [0.1, 0.15) is 5.75 Å². The summed E-state index contributed by atoms with van der Waals surface area (Å²) >= 11 is 0. The van der Waals surface area contributed by atoms with E-state index in [-0.39, 0.29) is 0 Å². The van der Waals surface area contributed by atoms with E-state index in [1.165, 1.54) is 44.1 Å². The minimum absolute atomic E-state index is 0.753. The predicted octanol–water partition coefficient (Wildman–Crippen LogP) is 6.19. The van der Waals surface area contributed by atoms with Crippen LogP contribution < -0.4 is 4.74 Å². The van der Waals surface area contributed by atoms with Crippen molar-refractivity contribution >= 4 is 0 Å². The summed E-state index contributed by atoms with van der Waals surface area (Å²) < 4.78 is 5.76. The van der Waals surface area contributed by atoms with Crippen molar-refractivity contribution in [1.82, 2.24) is 0 Å². The fourth-order valence-corrected chi connectivity index (χ4v) is 3.82. The van der Waals surface area contributed by atoms with E-state index in [9.17, 15) is 0 Å². The zero-order valence-electron chi connectivity index (χ0n) is 14.1. The van der Waals surface area contributed by atoms with Gasteiger partial charge in [-0.2, -0.15) is 0 Å². The summed E-state index contributed by atoms with van der Waals surface area (Å²) in [4.78, 5) is 0. The Labute approximate surface area is 131 Å². The molecule has 0 N–H and O–H groups in total. The van der Waals surface area contributed by atoms with Gasteiger partial charge in [0.25, 0.3) is 0 Å². The van der Waals surface area contributed by atoms with Gasteiger partial charge in [0.15, 0.2) is 0 Å². The number of rotatable bonds is 7. The topological polar surface area (TPSA) is 9.23 Å². The van der Waals surface area contributed by atoms with E-state index in [0.29, 0.717) is 0 Å². The van der Waals surface area contributed by atoms with Crippen molar-refractivity contribution in [3.8, 4) is 5.75 Å². The lowest BCUT2D eigenvalue weighted by Crippen LogP contribution is -2.21. The highest BCUT2D eigenvalue weighted by Crippen LogP contribution is 2.41. The van der Waals surface area contributed by atoms with Gasteiger partial charge in [-0.1, -0.05) is 52.2 Å². The zero-order chi connectivity index (χ0) is 15.1. The predicted molar refractivity (Wildman–Crippen MR) is 91.0 cm³/mol. The maximum absolute atomic E-state index is 5.76. The van der Waals surface area contributed by atoms with Gasteiger partial charge in [-0.05, 0) is 61.1 Å². The molecule has 2 rings (SSSR count). The van der Waals surface area contributed by atoms with Crippen molar-refractivity contribution in [1.29, 1.82) is 0 Å². The van der Waals surface area contributed by atoms with Crippen LogP contribution in [0.4, 0.5) is 0 Å². The first-order valence-corrected chi connectivity index (χ1v) is 8.97. The third-order valence-electron chi connectivity index (χ3n) is 5.05. The number of ether oxygens (including phenoxy) is 1. The summed E-state index contributed by atoms with van der Waals surface area (Å²) in [6.45, 7) is 7.79. The molecular weight excluding hydrogens is 256 g/mol. The van der Waals surface area contributed by atoms with E-state index in [2.05, 4.69) is 45.0 Å². The minimum atomic E-state index is 0.753. The van der Waals surface area contributed by atoms with Crippen LogP contribution in [-0.2, 0) is 0 Å². The number of hydrogen-bond donors (Lipinski definition) is 0. The Bertz CT molecular complexity index is 395. The SMILES string of the molecule is CCCCOc1ccc([C@@H]2CC[C@H](CCC)C[C@H]2C)cc1. The van der Waals surface area contributed by atoms with Gasteiger partial charge in [-0.15, -0.1) is 0 Å². The monoisotopic (exact) mass is 288 g/mol. The van der Waals surface area contributed by atoms with Crippen LogP contribution in [0.15, 0.2) is 24.3 Å². The molecule has 3 atom stereocenters. The van der Waals surface area contributed by atoms with Crippen molar-refractivity contribution in [2.75, 3.05) is 6.61 Å². The van der Waals surface area contributed by atoms with E-state index >= 15 is 0 Å². The Morgan fingerprint density at radius 1 is 1.05 bits per heavy atom. The van der Waals surface area contributed by atoms with Gasteiger partial charge < -0.3 is 4.74 Å². The second kappa shape index (κ2) is 8.46. The van der Waals surface area contributed by atoms with Gasteiger partial charge in [-0.25, -0.2) is 0 Å². The highest BCUT2D eigenvalue weighted by atomic mass is 16.5. The normalized spacial score (nSPS) is 25.8. The van der Waals surface area contributed by atoms with E-state index in [0.717, 1.165) is 36.5 Å². The Morgan fingerprint density at radius 3 is 2.43 bits per heavy atom. The first-order valence-electron chi connectivity index (χ1n) is 8.97. The fraction of sp³-hybridized carbons (Fsp3) is 0.700. The van der Waals surface area contributed by atoms with Crippen molar-refractivity contribution in [3.05, 3.63) is 29.8 Å². The van der Waals surface area contributed by atoms with Crippen molar-refractivity contribution in [2.45, 2.75) is 71.6 Å². The average molecular weight is 288 g/mol. The second-order valence-electron chi connectivity index (χ2n) is 6.82. The lowest BCUT2D eigenvalue weighted by molar-refractivity contribution is 0.235. The largest absolute Gasteiger partial charge is 0.494 e. The maximum Gasteiger partial charge on any atom is 0.119 e. The molecule has 1 nitrogen and oxygen atoms in total. The molecule has 0 aromatic heterocycles. The van der Waals surface area contributed by atoms with Crippen molar-refractivity contribution < 1.29 is 4.74 Å². The Morgan fingerprint density at radius 2 is 1.81 bits per heavy atom. The van der Waals surface area contributed by atoms with E-state index in [1.807, 2.05) is 0 Å². The van der Waals surface area contributed by atoms with Gasteiger partial charge >= 0.3 is 0 Å². The zero-order valence-corrected chi connectivity index (χ0v) is 14.1. The van der Waals surface area contributed by atoms with E-state index in [1.54, 1.807) is 0 Å². The summed E-state index contributed by atoms with van der Waals surface area (Å²) in [6, 6.07) is 8.91. The molecule has 1 fully saturated rings. The van der Waals surface area contributed by atoms with Crippen LogP contribution in [0.25, 0.3) is 0 Å². The molecule has 0 radical (unpaired) electrons. The Kier molecular flexibility index (Phi) is 6.60. The number of unbranched alkanes of at least 4 members (excludes halogenated alkanes) is 1. The summed E-state index contributed by atoms with van der Waals surface area (Å²) in [5.41, 5.74) is 1.51. The second-order valence-corrected chi connectivity index (χ2v) is 6.82. The molecule has 1 aromatic rings. The average Bonchev–Trinajstić information content (AvgIpc) is 2.49. The minimum Gasteiger partial charge on any atom is -0.494 e. The van der Waals surface area contributed by atoms with E-state index < -0.39 is 0 Å². The summed E-state index contributed by atoms with van der Waals surface area (Å²) in [5.74, 6) is 3.57. The first kappa shape index (κ1) is 16.4. The van der Waals surface area contributed by atoms with Gasteiger partial charge in [0.2, 0.25) is 0 Å². The van der Waals surface area contributed by atoms with E-state index in [4.69, 9.17) is 4.74 Å². The molecule has 0 saturated heterocycles. The molecule has 1 aliphatic rings. The van der Waals surface area contributed by atoms with Crippen molar-refractivity contribution in [2.24, 2.45) is 11.8 Å². The van der Waals surface area contributed by atoms with Crippen LogP contribution in [0.5, 0.6) is 5.75 Å². The number of benzene rings is 1.